The number of amides is 2. The van der Waals surface area contributed by atoms with Gasteiger partial charge in [0.25, 0.3) is 0 Å². The summed E-state index contributed by atoms with van der Waals surface area (Å²) >= 11 is 11.9. The van der Waals surface area contributed by atoms with Crippen LogP contribution in [-0.4, -0.2) is 60.9 Å². The summed E-state index contributed by atoms with van der Waals surface area (Å²) in [6, 6.07) is -1.35. The second-order valence-corrected chi connectivity index (χ2v) is 13.4. The van der Waals surface area contributed by atoms with Gasteiger partial charge in [-0.1, -0.05) is 142 Å². The van der Waals surface area contributed by atoms with Gasteiger partial charge in [0.1, 0.15) is 12.1 Å². The molecule has 46 heavy (non-hydrogen) atoms. The Morgan fingerprint density at radius 2 is 1.00 bits per heavy atom. The van der Waals surface area contributed by atoms with E-state index in [1.165, 1.54) is 116 Å². The third kappa shape index (κ3) is 26.7. The molecule has 0 aromatic carbocycles. The minimum Gasteiger partial charge on any atom is -0.370 e. The van der Waals surface area contributed by atoms with E-state index in [9.17, 15) is 9.59 Å². The highest BCUT2D eigenvalue weighted by molar-refractivity contribution is 6.15. The van der Waals surface area contributed by atoms with E-state index in [0.29, 0.717) is 32.5 Å². The minimum atomic E-state index is -0.721. The molecule has 0 aliphatic rings. The predicted octanol–water partition coefficient (Wildman–Crippen LogP) is 8.04. The number of nitrogens with zero attached hydrogens (tertiary/aromatic N) is 1. The van der Waals surface area contributed by atoms with Crippen LogP contribution >= 0.6 is 23.6 Å². The summed E-state index contributed by atoms with van der Waals surface area (Å²) in [5.41, 5.74) is 5.31. The number of nitrogens with one attached hydrogen (secondary N) is 5. The van der Waals surface area contributed by atoms with Crippen molar-refractivity contribution < 1.29 is 9.59 Å². The molecule has 0 aliphatic carbocycles. The summed E-state index contributed by atoms with van der Waals surface area (Å²) in [6.07, 6.45) is 28.9. The number of hydrogen-bond donors (Lipinski definition) is 6. The third-order valence-corrected chi connectivity index (χ3v) is 9.25. The smallest absolute Gasteiger partial charge is 0.242 e. The molecule has 0 aromatic rings. The van der Waals surface area contributed by atoms with Crippen molar-refractivity contribution in [2.45, 2.75) is 180 Å². The highest BCUT2D eigenvalue weighted by Crippen LogP contribution is 2.14. The predicted molar refractivity (Wildman–Crippen MR) is 197 cm³/mol. The van der Waals surface area contributed by atoms with Crippen LogP contribution < -0.4 is 26.0 Å². The molecular weight excluding hydrogens is 621 g/mol. The fraction of sp³-hybridized carbons (Fsp3) is 0.914. The largest absolute Gasteiger partial charge is 0.370 e. The highest BCUT2D eigenvalue weighted by atomic mass is 35.5. The Morgan fingerprint density at radius 3 is 1.37 bits per heavy atom. The van der Waals surface area contributed by atoms with Crippen LogP contribution in [0, 0.1) is 5.41 Å². The van der Waals surface area contributed by atoms with Crippen molar-refractivity contribution in [3.05, 3.63) is 0 Å². The van der Waals surface area contributed by atoms with E-state index in [0.717, 1.165) is 25.7 Å². The van der Waals surface area contributed by atoms with Gasteiger partial charge in [-0.2, -0.15) is 0 Å². The van der Waals surface area contributed by atoms with Gasteiger partial charge in [-0.25, -0.2) is 9.67 Å². The summed E-state index contributed by atoms with van der Waals surface area (Å²) < 4.78 is 0. The zero-order chi connectivity index (χ0) is 34.1. The first kappa shape index (κ1) is 44.7. The van der Waals surface area contributed by atoms with Crippen molar-refractivity contribution in [1.82, 2.24) is 25.2 Å². The first-order valence-electron chi connectivity index (χ1n) is 18.8. The van der Waals surface area contributed by atoms with Gasteiger partial charge in [0, 0.05) is 26.2 Å². The Morgan fingerprint density at radius 1 is 0.609 bits per heavy atom. The topological polar surface area (TPSA) is 135 Å². The highest BCUT2D eigenvalue weighted by Gasteiger charge is 2.25. The molecule has 7 N–H and O–H groups in total. The van der Waals surface area contributed by atoms with E-state index < -0.39 is 12.1 Å². The van der Waals surface area contributed by atoms with Crippen molar-refractivity contribution in [2.75, 3.05) is 26.2 Å². The number of hydrogen-bond acceptors (Lipinski definition) is 5. The maximum Gasteiger partial charge on any atom is 0.242 e. The van der Waals surface area contributed by atoms with Gasteiger partial charge in [0.05, 0.1) is 0 Å². The van der Waals surface area contributed by atoms with E-state index in [-0.39, 0.29) is 24.3 Å². The standard InChI is InChI=1S/C35H71Cl2N7O2/c1-3-5-7-9-11-13-15-16-18-20-22-24-29-44(28-23-21-19-17-14-12-10-8-6-4-2)34(46)32(43-37)30-41-33(45)31(42-36)26-25-27-40-35(38)39/h31-32,42-43H,3-30H2,1-2H3,(H,41,45)(H4,38,39,40). The number of unbranched alkanes of at least 4 members (excludes halogenated alkanes) is 20. The monoisotopic (exact) mass is 692 g/mol. The van der Waals surface area contributed by atoms with Crippen LogP contribution in [0.3, 0.4) is 0 Å². The summed E-state index contributed by atoms with van der Waals surface area (Å²) in [5, 5.41) is 12.8. The summed E-state index contributed by atoms with van der Waals surface area (Å²) in [4.78, 5) is 33.4. The van der Waals surface area contributed by atoms with Crippen LogP contribution in [0.5, 0.6) is 0 Å². The Bertz CT molecular complexity index is 733. The Kier molecular flexibility index (Phi) is 32.7. The summed E-state index contributed by atoms with van der Waals surface area (Å²) in [6.45, 7) is 6.49. The number of rotatable bonds is 34. The van der Waals surface area contributed by atoms with E-state index in [2.05, 4.69) is 34.2 Å². The molecule has 2 atom stereocenters. The first-order valence-corrected chi connectivity index (χ1v) is 19.5. The molecule has 0 saturated heterocycles. The molecule has 0 rings (SSSR count). The van der Waals surface area contributed by atoms with Crippen LogP contribution in [-0.2, 0) is 9.59 Å². The fourth-order valence-corrected chi connectivity index (χ4v) is 6.13. The lowest BCUT2D eigenvalue weighted by Crippen LogP contribution is -2.52. The SMILES string of the molecule is CCCCCCCCCCCCCCN(CCCCCCCCCCCC)C(=O)C(CNC(=O)C(CCCNC(=N)N)NCl)NCl. The molecule has 2 amide bonds. The average molecular weight is 693 g/mol. The molecule has 2 unspecified atom stereocenters. The van der Waals surface area contributed by atoms with Gasteiger partial charge < -0.3 is 21.3 Å². The first-order chi connectivity index (χ1) is 22.4. The third-order valence-electron chi connectivity index (χ3n) is 8.72. The summed E-state index contributed by atoms with van der Waals surface area (Å²) in [7, 11) is 0. The normalized spacial score (nSPS) is 12.5. The maximum absolute atomic E-state index is 13.6. The average Bonchev–Trinajstić information content (AvgIpc) is 3.05. The van der Waals surface area contributed by atoms with Gasteiger partial charge in [-0.15, -0.1) is 0 Å². The lowest BCUT2D eigenvalue weighted by atomic mass is 10.0. The quantitative estimate of drug-likeness (QED) is 0.0175. The van der Waals surface area contributed by atoms with E-state index >= 15 is 0 Å². The molecule has 0 heterocycles. The maximum atomic E-state index is 13.6. The number of halogens is 2. The van der Waals surface area contributed by atoms with Crippen LogP contribution in [0.15, 0.2) is 0 Å². The van der Waals surface area contributed by atoms with Gasteiger partial charge in [-0.05, 0) is 49.2 Å². The fourth-order valence-electron chi connectivity index (χ4n) is 5.75. The number of guanidine groups is 1. The Hall–Kier alpha value is -1.29. The minimum absolute atomic E-state index is 0.0738. The lowest BCUT2D eigenvalue weighted by Gasteiger charge is -2.27. The van der Waals surface area contributed by atoms with Crippen molar-refractivity contribution in [1.29, 1.82) is 5.41 Å². The van der Waals surface area contributed by atoms with Crippen molar-refractivity contribution >= 4 is 41.3 Å². The van der Waals surface area contributed by atoms with Crippen molar-refractivity contribution in [2.24, 2.45) is 5.73 Å². The van der Waals surface area contributed by atoms with Crippen molar-refractivity contribution in [3.8, 4) is 0 Å². The Balaban J connectivity index is 4.70. The lowest BCUT2D eigenvalue weighted by molar-refractivity contribution is -0.133. The number of carbonyl (C=O) groups excluding carboxylic acids is 2. The van der Waals surface area contributed by atoms with Crippen molar-refractivity contribution in [3.63, 3.8) is 0 Å². The Labute approximate surface area is 292 Å². The van der Waals surface area contributed by atoms with E-state index in [4.69, 9.17) is 34.7 Å². The van der Waals surface area contributed by atoms with Gasteiger partial charge in [-0.3, -0.25) is 15.0 Å². The molecule has 272 valence electrons. The molecule has 11 heteroatoms. The van der Waals surface area contributed by atoms with Crippen LogP contribution in [0.25, 0.3) is 0 Å². The second-order valence-electron chi connectivity index (χ2n) is 12.9. The van der Waals surface area contributed by atoms with Crippen LogP contribution in [0.2, 0.25) is 0 Å². The van der Waals surface area contributed by atoms with E-state index in [1.807, 2.05) is 4.90 Å². The van der Waals surface area contributed by atoms with E-state index in [1.54, 1.807) is 0 Å². The molecular formula is C35H71Cl2N7O2. The van der Waals surface area contributed by atoms with Gasteiger partial charge >= 0.3 is 0 Å². The van der Waals surface area contributed by atoms with Crippen LogP contribution in [0.1, 0.15) is 168 Å². The van der Waals surface area contributed by atoms with Gasteiger partial charge in [0.15, 0.2) is 5.96 Å². The molecule has 0 spiro atoms. The molecule has 0 aromatic heterocycles. The molecule has 0 aliphatic heterocycles. The van der Waals surface area contributed by atoms with Gasteiger partial charge in [0.2, 0.25) is 11.8 Å². The molecule has 0 radical (unpaired) electrons. The molecule has 0 bridgehead atoms. The zero-order valence-corrected chi connectivity index (χ0v) is 31.1. The summed E-state index contributed by atoms with van der Waals surface area (Å²) in [5.74, 6) is -0.486. The molecule has 0 saturated carbocycles. The van der Waals surface area contributed by atoms with Crippen LogP contribution in [0.4, 0.5) is 0 Å². The number of nitrogens with two attached hydrogens (primary N) is 1. The zero-order valence-electron chi connectivity index (χ0n) is 29.6. The second kappa shape index (κ2) is 33.6. The number of carbonyl (C=O) groups is 2. The molecule has 0 fully saturated rings. The molecule has 9 nitrogen and oxygen atoms in total.